The monoisotopic (exact) mass is 254 g/mol. The first-order valence-electron chi connectivity index (χ1n) is 6.43. The Balaban J connectivity index is 1.80. The van der Waals surface area contributed by atoms with Crippen LogP contribution in [0.25, 0.3) is 0 Å². The third-order valence-electron chi connectivity index (χ3n) is 3.85. The maximum Gasteiger partial charge on any atom is 0.222 e. The van der Waals surface area contributed by atoms with Gasteiger partial charge in [0.1, 0.15) is 18.8 Å². The van der Waals surface area contributed by atoms with Gasteiger partial charge in [0.25, 0.3) is 0 Å². The van der Waals surface area contributed by atoms with Gasteiger partial charge in [-0.2, -0.15) is 0 Å². The number of ether oxygens (including phenoxy) is 1. The number of hydrogen-bond acceptors (Lipinski definition) is 5. The van der Waals surface area contributed by atoms with Crippen molar-refractivity contribution in [2.24, 2.45) is 0 Å². The number of hydrogen-bond donors (Lipinski definition) is 2. The van der Waals surface area contributed by atoms with Crippen LogP contribution < -0.4 is 15.8 Å². The molecule has 4 rings (SSSR count). The molecule has 0 radical (unpaired) electrons. The lowest BCUT2D eigenvalue weighted by atomic mass is 9.92. The smallest absolute Gasteiger partial charge is 0.222 e. The van der Waals surface area contributed by atoms with E-state index in [0.717, 1.165) is 18.5 Å². The third-order valence-corrected chi connectivity index (χ3v) is 3.85. The van der Waals surface area contributed by atoms with Gasteiger partial charge < -0.3 is 15.8 Å². The largest absolute Gasteiger partial charge is 0.476 e. The van der Waals surface area contributed by atoms with Gasteiger partial charge in [0.2, 0.25) is 5.88 Å². The summed E-state index contributed by atoms with van der Waals surface area (Å²) >= 11 is 0. The van der Waals surface area contributed by atoms with Crippen molar-refractivity contribution in [1.82, 2.24) is 9.97 Å². The molecule has 5 nitrogen and oxygen atoms in total. The molecular weight excluding hydrogens is 240 g/mol. The Bertz CT molecular complexity index is 656. The van der Waals surface area contributed by atoms with Gasteiger partial charge in [-0.3, -0.25) is 0 Å². The first-order valence-corrected chi connectivity index (χ1v) is 6.43. The van der Waals surface area contributed by atoms with E-state index in [2.05, 4.69) is 33.5 Å². The van der Waals surface area contributed by atoms with Gasteiger partial charge in [0.05, 0.1) is 11.5 Å². The maximum absolute atomic E-state index is 5.97. The van der Waals surface area contributed by atoms with Gasteiger partial charge in [-0.25, -0.2) is 9.97 Å². The van der Waals surface area contributed by atoms with Crippen LogP contribution in [0.1, 0.15) is 22.6 Å². The van der Waals surface area contributed by atoms with E-state index >= 15 is 0 Å². The van der Waals surface area contributed by atoms with Gasteiger partial charge in [-0.05, 0) is 23.6 Å². The molecule has 0 saturated heterocycles. The fraction of sp³-hybridized carbons (Fsp3) is 0.286. The Morgan fingerprint density at radius 2 is 2.26 bits per heavy atom. The number of rotatable bonds is 1. The average Bonchev–Trinajstić information content (AvgIpc) is 3.04. The number of benzene rings is 1. The van der Waals surface area contributed by atoms with E-state index in [0.29, 0.717) is 18.3 Å². The quantitative estimate of drug-likeness (QED) is 0.807. The Morgan fingerprint density at radius 3 is 3.21 bits per heavy atom. The fourth-order valence-electron chi connectivity index (χ4n) is 2.88. The molecule has 2 aliphatic heterocycles. The molecule has 1 atom stereocenters. The fourth-order valence-corrected chi connectivity index (χ4v) is 2.88. The number of nitrogens with one attached hydrogen (secondary N) is 1. The van der Waals surface area contributed by atoms with Crippen molar-refractivity contribution in [3.63, 3.8) is 0 Å². The van der Waals surface area contributed by atoms with Crippen LogP contribution in [0.2, 0.25) is 0 Å². The Morgan fingerprint density at radius 1 is 1.32 bits per heavy atom. The molecule has 1 aromatic carbocycles. The van der Waals surface area contributed by atoms with Gasteiger partial charge in [0, 0.05) is 12.2 Å². The molecule has 3 N–H and O–H groups in total. The SMILES string of the molecule is Nc1ncnc2c1C(c1ccc3c(c1)CCN3)CO2. The molecule has 1 aromatic heterocycles. The summed E-state index contributed by atoms with van der Waals surface area (Å²) in [6, 6.07) is 6.51. The van der Waals surface area contributed by atoms with Gasteiger partial charge >= 0.3 is 0 Å². The van der Waals surface area contributed by atoms with Crippen molar-refractivity contribution in [3.05, 3.63) is 41.2 Å². The minimum atomic E-state index is 0.141. The van der Waals surface area contributed by atoms with E-state index < -0.39 is 0 Å². The van der Waals surface area contributed by atoms with Crippen LogP contribution in [-0.2, 0) is 6.42 Å². The molecule has 1 unspecified atom stereocenters. The van der Waals surface area contributed by atoms with Crippen molar-refractivity contribution in [3.8, 4) is 5.88 Å². The number of nitrogens with zero attached hydrogens (tertiary/aromatic N) is 2. The van der Waals surface area contributed by atoms with Crippen molar-refractivity contribution in [2.45, 2.75) is 12.3 Å². The molecule has 2 aliphatic rings. The predicted octanol–water partition coefficient (Wildman–Crippen LogP) is 1.55. The minimum Gasteiger partial charge on any atom is -0.476 e. The van der Waals surface area contributed by atoms with Crippen molar-refractivity contribution >= 4 is 11.5 Å². The summed E-state index contributed by atoms with van der Waals surface area (Å²) in [6.07, 6.45) is 2.52. The van der Waals surface area contributed by atoms with E-state index in [4.69, 9.17) is 10.5 Å². The molecule has 19 heavy (non-hydrogen) atoms. The summed E-state index contributed by atoms with van der Waals surface area (Å²) in [7, 11) is 0. The zero-order valence-electron chi connectivity index (χ0n) is 10.4. The standard InChI is InChI=1S/C14H14N4O/c15-13-12-10(6-19-14(12)18-7-17-13)8-1-2-11-9(5-8)3-4-16-11/h1-2,5,7,10,16H,3-4,6H2,(H2,15,17,18). The van der Waals surface area contributed by atoms with Gasteiger partial charge in [-0.1, -0.05) is 12.1 Å². The highest BCUT2D eigenvalue weighted by atomic mass is 16.5. The first kappa shape index (κ1) is 10.6. The van der Waals surface area contributed by atoms with E-state index in [1.807, 2.05) is 0 Å². The Labute approximate surface area is 110 Å². The molecule has 0 saturated carbocycles. The third kappa shape index (κ3) is 1.54. The van der Waals surface area contributed by atoms with Crippen LogP contribution in [0, 0.1) is 0 Å². The molecule has 3 heterocycles. The van der Waals surface area contributed by atoms with Crippen LogP contribution in [0.15, 0.2) is 24.5 Å². The number of anilines is 2. The maximum atomic E-state index is 5.97. The molecule has 0 spiro atoms. The summed E-state index contributed by atoms with van der Waals surface area (Å²) in [4.78, 5) is 8.22. The molecule has 2 aromatic rings. The molecular formula is C14H14N4O. The first-order chi connectivity index (χ1) is 9.33. The van der Waals surface area contributed by atoms with Crippen LogP contribution in [0.3, 0.4) is 0 Å². The summed E-state index contributed by atoms with van der Waals surface area (Å²) in [5.41, 5.74) is 10.7. The van der Waals surface area contributed by atoms with Crippen molar-refractivity contribution < 1.29 is 4.74 Å². The molecule has 5 heteroatoms. The second kappa shape index (κ2) is 3.85. The second-order valence-electron chi connectivity index (χ2n) is 4.93. The number of nitrogens with two attached hydrogens (primary N) is 1. The second-order valence-corrected chi connectivity index (χ2v) is 4.93. The van der Waals surface area contributed by atoms with Gasteiger partial charge in [0.15, 0.2) is 0 Å². The molecule has 0 aliphatic carbocycles. The Hall–Kier alpha value is -2.30. The van der Waals surface area contributed by atoms with Crippen LogP contribution in [-0.4, -0.2) is 23.1 Å². The normalized spacial score (nSPS) is 19.5. The molecule has 96 valence electrons. The van der Waals surface area contributed by atoms with Gasteiger partial charge in [-0.15, -0.1) is 0 Å². The summed E-state index contributed by atoms with van der Waals surface area (Å²) in [5, 5.41) is 3.37. The molecule has 0 amide bonds. The van der Waals surface area contributed by atoms with Crippen molar-refractivity contribution in [1.29, 1.82) is 0 Å². The highest BCUT2D eigenvalue weighted by Crippen LogP contribution is 2.40. The topological polar surface area (TPSA) is 73.1 Å². The van der Waals surface area contributed by atoms with E-state index in [9.17, 15) is 0 Å². The summed E-state index contributed by atoms with van der Waals surface area (Å²) in [5.74, 6) is 1.28. The van der Waals surface area contributed by atoms with E-state index in [1.165, 1.54) is 23.1 Å². The number of aromatic nitrogens is 2. The lowest BCUT2D eigenvalue weighted by molar-refractivity contribution is 0.332. The molecule has 0 fully saturated rings. The van der Waals surface area contributed by atoms with Crippen LogP contribution >= 0.6 is 0 Å². The average molecular weight is 254 g/mol. The lowest BCUT2D eigenvalue weighted by Gasteiger charge is -2.11. The van der Waals surface area contributed by atoms with Crippen LogP contribution in [0.5, 0.6) is 5.88 Å². The summed E-state index contributed by atoms with van der Waals surface area (Å²) < 4.78 is 5.62. The van der Waals surface area contributed by atoms with Crippen LogP contribution in [0.4, 0.5) is 11.5 Å². The van der Waals surface area contributed by atoms with E-state index in [-0.39, 0.29) is 5.92 Å². The number of nitrogen functional groups attached to an aromatic ring is 1. The zero-order chi connectivity index (χ0) is 12.8. The van der Waals surface area contributed by atoms with E-state index in [1.54, 1.807) is 0 Å². The minimum absolute atomic E-state index is 0.141. The number of fused-ring (bicyclic) bond motifs is 2. The Kier molecular flexibility index (Phi) is 2.15. The van der Waals surface area contributed by atoms with Crippen molar-refractivity contribution in [2.75, 3.05) is 24.2 Å². The zero-order valence-corrected chi connectivity index (χ0v) is 10.4. The summed E-state index contributed by atoms with van der Waals surface area (Å²) in [6.45, 7) is 1.60. The molecule has 0 bridgehead atoms. The highest BCUT2D eigenvalue weighted by Gasteiger charge is 2.30. The highest BCUT2D eigenvalue weighted by molar-refractivity contribution is 5.60. The lowest BCUT2D eigenvalue weighted by Crippen LogP contribution is -2.05. The predicted molar refractivity (Wildman–Crippen MR) is 72.4 cm³/mol.